The molecule has 2 heterocycles. The topological polar surface area (TPSA) is 103 Å². The van der Waals surface area contributed by atoms with Crippen LogP contribution in [0.2, 0.25) is 0 Å². The summed E-state index contributed by atoms with van der Waals surface area (Å²) in [5.41, 5.74) is 1.09. The van der Waals surface area contributed by atoms with Gasteiger partial charge in [-0.25, -0.2) is 0 Å². The van der Waals surface area contributed by atoms with E-state index in [1.807, 2.05) is 0 Å². The van der Waals surface area contributed by atoms with Gasteiger partial charge in [-0.3, -0.25) is 4.98 Å². The van der Waals surface area contributed by atoms with Gasteiger partial charge in [0.15, 0.2) is 17.6 Å². The first-order chi connectivity index (χ1) is 9.54. The first-order valence-corrected chi connectivity index (χ1v) is 6.09. The van der Waals surface area contributed by atoms with Crippen LogP contribution in [0.25, 0.3) is 0 Å². The van der Waals surface area contributed by atoms with Gasteiger partial charge in [0.2, 0.25) is 0 Å². The zero-order valence-corrected chi connectivity index (χ0v) is 10.4. The maximum atomic E-state index is 10.1. The molecule has 4 N–H and O–H groups in total. The number of aliphatic hydroxyl groups is 1. The van der Waals surface area contributed by atoms with E-state index in [1.165, 1.54) is 24.4 Å². The molecule has 6 nitrogen and oxygen atoms in total. The molecule has 2 aromatic rings. The number of aromatic nitrogens is 1. The number of ether oxygens (including phenoxy) is 1. The highest BCUT2D eigenvalue weighted by Gasteiger charge is 2.31. The molecule has 6 heteroatoms. The second-order valence-electron chi connectivity index (χ2n) is 4.70. The van der Waals surface area contributed by atoms with E-state index < -0.39 is 12.2 Å². The number of hydrogen-bond donors (Lipinski definition) is 4. The molecule has 0 spiro atoms. The molecule has 0 saturated carbocycles. The van der Waals surface area contributed by atoms with Gasteiger partial charge < -0.3 is 25.2 Å². The number of rotatable bonds is 1. The van der Waals surface area contributed by atoms with Crippen molar-refractivity contribution < 1.29 is 25.2 Å². The zero-order valence-electron chi connectivity index (χ0n) is 10.4. The Morgan fingerprint density at radius 1 is 1.10 bits per heavy atom. The summed E-state index contributed by atoms with van der Waals surface area (Å²) in [5.74, 6) is -0.141. The summed E-state index contributed by atoms with van der Waals surface area (Å²) in [5, 5.41) is 38.4. The van der Waals surface area contributed by atoms with Gasteiger partial charge in [0, 0.05) is 12.5 Å². The minimum absolute atomic E-state index is 0.0209. The molecular formula is C14H13NO5. The van der Waals surface area contributed by atoms with E-state index in [4.69, 9.17) is 4.74 Å². The number of aromatic hydroxyl groups is 3. The molecule has 0 saturated heterocycles. The third kappa shape index (κ3) is 2.10. The van der Waals surface area contributed by atoms with Crippen LogP contribution in [0.4, 0.5) is 0 Å². The fourth-order valence-corrected chi connectivity index (χ4v) is 2.25. The third-order valence-electron chi connectivity index (χ3n) is 3.25. The first kappa shape index (κ1) is 12.6. The molecule has 0 fully saturated rings. The van der Waals surface area contributed by atoms with E-state index in [0.29, 0.717) is 17.0 Å². The lowest BCUT2D eigenvalue weighted by Crippen LogP contribution is -2.30. The third-order valence-corrected chi connectivity index (χ3v) is 3.25. The van der Waals surface area contributed by atoms with Gasteiger partial charge in [-0.2, -0.15) is 0 Å². The Bertz CT molecular complexity index is 658. The molecule has 1 aromatic carbocycles. The number of hydrogen-bond acceptors (Lipinski definition) is 6. The average molecular weight is 275 g/mol. The minimum Gasteiger partial charge on any atom is -0.506 e. The largest absolute Gasteiger partial charge is 0.506 e. The maximum Gasteiger partial charge on any atom is 0.157 e. The van der Waals surface area contributed by atoms with Gasteiger partial charge in [-0.15, -0.1) is 0 Å². The van der Waals surface area contributed by atoms with Crippen LogP contribution < -0.4 is 4.74 Å². The van der Waals surface area contributed by atoms with Crippen LogP contribution in [0.15, 0.2) is 30.5 Å². The molecule has 1 aliphatic heterocycles. The molecule has 1 aliphatic rings. The van der Waals surface area contributed by atoms with E-state index >= 15 is 0 Å². The van der Waals surface area contributed by atoms with Gasteiger partial charge in [0.1, 0.15) is 17.6 Å². The molecular weight excluding hydrogens is 262 g/mol. The lowest BCUT2D eigenvalue weighted by Gasteiger charge is -2.30. The molecule has 0 bridgehead atoms. The second-order valence-corrected chi connectivity index (χ2v) is 4.70. The molecule has 20 heavy (non-hydrogen) atoms. The summed E-state index contributed by atoms with van der Waals surface area (Å²) in [6.45, 7) is 0. The van der Waals surface area contributed by atoms with Crippen molar-refractivity contribution in [2.45, 2.75) is 18.6 Å². The Hall–Kier alpha value is -2.47. The summed E-state index contributed by atoms with van der Waals surface area (Å²) >= 11 is 0. The van der Waals surface area contributed by atoms with Crippen molar-refractivity contribution in [3.63, 3.8) is 0 Å². The molecule has 1 aromatic heterocycles. The molecule has 3 rings (SSSR count). The van der Waals surface area contributed by atoms with Crippen LogP contribution in [0, 0.1) is 0 Å². The van der Waals surface area contributed by atoms with Crippen molar-refractivity contribution in [1.29, 1.82) is 0 Å². The fourth-order valence-electron chi connectivity index (χ4n) is 2.25. The molecule has 0 amide bonds. The average Bonchev–Trinajstić information content (AvgIpc) is 2.42. The number of fused-ring (bicyclic) bond motifs is 1. The van der Waals surface area contributed by atoms with Crippen molar-refractivity contribution in [2.75, 3.05) is 0 Å². The molecule has 0 aliphatic carbocycles. The quantitative estimate of drug-likeness (QED) is 0.584. The Balaban J connectivity index is 1.97. The van der Waals surface area contributed by atoms with Gasteiger partial charge in [0.25, 0.3) is 0 Å². The van der Waals surface area contributed by atoms with Crippen LogP contribution in [0.1, 0.15) is 17.4 Å². The number of pyridine rings is 1. The Labute approximate surface area is 114 Å². The van der Waals surface area contributed by atoms with Crippen molar-refractivity contribution in [1.82, 2.24) is 4.98 Å². The zero-order chi connectivity index (χ0) is 14.3. The van der Waals surface area contributed by atoms with Gasteiger partial charge in [-0.1, -0.05) is 6.07 Å². The summed E-state index contributed by atoms with van der Waals surface area (Å²) < 4.78 is 5.64. The van der Waals surface area contributed by atoms with Crippen LogP contribution >= 0.6 is 0 Å². The maximum absolute atomic E-state index is 10.1. The van der Waals surface area contributed by atoms with Gasteiger partial charge >= 0.3 is 0 Å². The smallest absolute Gasteiger partial charge is 0.157 e. The summed E-state index contributed by atoms with van der Waals surface area (Å²) in [6.07, 6.45) is 0.0462. The van der Waals surface area contributed by atoms with Crippen molar-refractivity contribution in [3.8, 4) is 23.0 Å². The standard InChI is InChI=1S/C14H13NO5/c16-8-4-13-9(15-6-8)5-12(19)14(20-13)7-1-2-10(17)11(18)3-7/h1-4,6,12,14,16-19H,5H2. The van der Waals surface area contributed by atoms with E-state index in [-0.39, 0.29) is 23.7 Å². The van der Waals surface area contributed by atoms with Crippen LogP contribution in [-0.2, 0) is 6.42 Å². The van der Waals surface area contributed by atoms with E-state index in [1.54, 1.807) is 6.07 Å². The Morgan fingerprint density at radius 2 is 1.90 bits per heavy atom. The predicted octanol–water partition coefficient (Wildman–Crippen LogP) is 1.24. The molecule has 0 radical (unpaired) electrons. The SMILES string of the molecule is Oc1cnc2c(c1)OC(c1ccc(O)c(O)c1)C(O)C2. The molecule has 104 valence electrons. The second kappa shape index (κ2) is 4.57. The lowest BCUT2D eigenvalue weighted by atomic mass is 9.97. The predicted molar refractivity (Wildman–Crippen MR) is 68.8 cm³/mol. The van der Waals surface area contributed by atoms with Crippen molar-refractivity contribution >= 4 is 0 Å². The van der Waals surface area contributed by atoms with Crippen LogP contribution in [0.5, 0.6) is 23.0 Å². The van der Waals surface area contributed by atoms with Crippen LogP contribution in [0.3, 0.4) is 0 Å². The Kier molecular flexibility index (Phi) is 2.87. The van der Waals surface area contributed by atoms with Gasteiger partial charge in [0.05, 0.1) is 11.9 Å². The van der Waals surface area contributed by atoms with E-state index in [2.05, 4.69) is 4.98 Å². The van der Waals surface area contributed by atoms with Gasteiger partial charge in [-0.05, 0) is 17.7 Å². The Morgan fingerprint density at radius 3 is 2.65 bits per heavy atom. The van der Waals surface area contributed by atoms with Crippen molar-refractivity contribution in [2.24, 2.45) is 0 Å². The summed E-state index contributed by atoms with van der Waals surface area (Å²) in [4.78, 5) is 4.00. The van der Waals surface area contributed by atoms with Crippen LogP contribution in [-0.4, -0.2) is 31.5 Å². The van der Waals surface area contributed by atoms with E-state index in [9.17, 15) is 20.4 Å². The number of nitrogens with zero attached hydrogens (tertiary/aromatic N) is 1. The number of phenolic OH excluding ortho intramolecular Hbond substituents is 2. The lowest BCUT2D eigenvalue weighted by molar-refractivity contribution is 0.0189. The minimum atomic E-state index is -0.830. The number of phenols is 2. The molecule has 2 atom stereocenters. The monoisotopic (exact) mass is 275 g/mol. The first-order valence-electron chi connectivity index (χ1n) is 6.09. The normalized spacial score (nSPS) is 21.1. The molecule has 2 unspecified atom stereocenters. The fraction of sp³-hybridized carbons (Fsp3) is 0.214. The van der Waals surface area contributed by atoms with Crippen molar-refractivity contribution in [3.05, 3.63) is 41.7 Å². The summed E-state index contributed by atoms with van der Waals surface area (Å²) in [6, 6.07) is 5.66. The van der Waals surface area contributed by atoms with E-state index in [0.717, 1.165) is 0 Å². The number of benzene rings is 1. The summed E-state index contributed by atoms with van der Waals surface area (Å²) in [7, 11) is 0. The highest BCUT2D eigenvalue weighted by Crippen LogP contribution is 2.37. The highest BCUT2D eigenvalue weighted by atomic mass is 16.5. The highest BCUT2D eigenvalue weighted by molar-refractivity contribution is 5.43. The number of aliphatic hydroxyl groups excluding tert-OH is 1.